The summed E-state index contributed by atoms with van der Waals surface area (Å²) in [4.78, 5) is 0. The summed E-state index contributed by atoms with van der Waals surface area (Å²) in [5.74, 6) is 0. The quantitative estimate of drug-likeness (QED) is 0.0190. The molecule has 2 nitrogen and oxygen atoms in total. The fraction of sp³-hybridized carbons (Fsp3) is 0.562. The van der Waals surface area contributed by atoms with Crippen LogP contribution in [-0.2, 0) is 29.3 Å². The molecule has 0 spiro atoms. The van der Waals surface area contributed by atoms with Gasteiger partial charge in [0, 0.05) is 22.8 Å². The van der Waals surface area contributed by atoms with Crippen LogP contribution < -0.4 is 0 Å². The normalized spacial score (nSPS) is 11.9. The molecule has 0 amide bonds. The molecule has 1 aliphatic heterocycles. The third-order valence-electron chi connectivity index (χ3n) is 13.2. The van der Waals surface area contributed by atoms with Gasteiger partial charge in [0.05, 0.1) is 0 Å². The molecule has 67 heavy (non-hydrogen) atoms. The topological polar surface area (TPSA) is 25.3 Å². The molecular formula is C64H94N2Ni. The molecule has 5 rings (SSSR count). The van der Waals surface area contributed by atoms with Crippen molar-refractivity contribution in [2.45, 2.75) is 233 Å². The molecule has 0 aromatic heterocycles. The fourth-order valence-electron chi connectivity index (χ4n) is 9.00. The second kappa shape index (κ2) is 42.5. The van der Waals surface area contributed by atoms with E-state index in [0.717, 1.165) is 41.8 Å². The summed E-state index contributed by atoms with van der Waals surface area (Å²) in [7, 11) is 0. The maximum Gasteiger partial charge on any atom is 2.00 e. The van der Waals surface area contributed by atoms with Crippen molar-refractivity contribution in [2.24, 2.45) is 0 Å². The smallest absolute Gasteiger partial charge is 0.493 e. The zero-order chi connectivity index (χ0) is 46.8. The molecule has 0 saturated heterocycles. The van der Waals surface area contributed by atoms with Crippen LogP contribution in [0, 0.1) is 12.1 Å². The van der Waals surface area contributed by atoms with E-state index in [9.17, 15) is 5.53 Å². The van der Waals surface area contributed by atoms with Gasteiger partial charge in [0.15, 0.2) is 0 Å². The van der Waals surface area contributed by atoms with Crippen molar-refractivity contribution in [3.05, 3.63) is 161 Å². The van der Waals surface area contributed by atoms with E-state index in [2.05, 4.69) is 87.5 Å². The van der Waals surface area contributed by atoms with Gasteiger partial charge in [-0.05, 0) is 73.9 Å². The third-order valence-corrected chi connectivity index (χ3v) is 13.2. The Hall–Kier alpha value is -3.55. The van der Waals surface area contributed by atoms with Crippen molar-refractivity contribution in [1.82, 2.24) is 0 Å². The number of benzene rings is 4. The standard InChI is InChI=1S/C52H84N2.2C6H5.Ni/c1-4-7-10-11-12-13-14-15-16-17-18-19-20-21-22-23-24-25-26-27-28-29-30-31-32-33-36-50-45-51(48-41-37-46(38-42-48)34-8-5-2)54(53)52(50)49-43-39-47(40-44-49)35-9-6-3;2*1-2-4-6-5-3-1;/h37-45H,4-36H2,1-3H3;2*1-5H;/q;2*-1;+2. The van der Waals surface area contributed by atoms with Gasteiger partial charge in [0.25, 0.3) is 0 Å². The number of aryl methyl sites for hydroxylation is 2. The van der Waals surface area contributed by atoms with E-state index in [1.54, 1.807) is 0 Å². The Morgan fingerprint density at radius 3 is 0.970 bits per heavy atom. The summed E-state index contributed by atoms with van der Waals surface area (Å²) in [6.07, 6.45) is 47.4. The number of unbranched alkanes of at least 4 members (excludes halogenated alkanes) is 27. The second-order valence-electron chi connectivity index (χ2n) is 19.1. The van der Waals surface area contributed by atoms with Crippen molar-refractivity contribution in [2.75, 3.05) is 0 Å². The van der Waals surface area contributed by atoms with Crippen LogP contribution >= 0.6 is 0 Å². The second-order valence-corrected chi connectivity index (χ2v) is 19.1. The molecule has 0 unspecified atom stereocenters. The number of nitrogens with zero attached hydrogens (tertiary/aromatic N) is 2. The van der Waals surface area contributed by atoms with Gasteiger partial charge in [-0.2, -0.15) is 72.8 Å². The van der Waals surface area contributed by atoms with Crippen LogP contribution in [0.4, 0.5) is 0 Å². The minimum atomic E-state index is 0. The molecule has 3 heteroatoms. The van der Waals surface area contributed by atoms with Gasteiger partial charge < -0.3 is 5.53 Å². The molecule has 1 aliphatic rings. The minimum absolute atomic E-state index is 0. The van der Waals surface area contributed by atoms with Crippen LogP contribution in [0.1, 0.15) is 242 Å². The van der Waals surface area contributed by atoms with Crippen LogP contribution in [0.2, 0.25) is 0 Å². The van der Waals surface area contributed by atoms with E-state index < -0.39 is 0 Å². The summed E-state index contributed by atoms with van der Waals surface area (Å²) in [6.45, 7) is 6.80. The molecule has 0 aliphatic carbocycles. The van der Waals surface area contributed by atoms with Crippen molar-refractivity contribution in [1.29, 1.82) is 0 Å². The molecule has 0 atom stereocenters. The van der Waals surface area contributed by atoms with Gasteiger partial charge in [-0.15, -0.1) is 0 Å². The molecular weight excluding hydrogens is 855 g/mol. The third kappa shape index (κ3) is 29.2. The zero-order valence-corrected chi connectivity index (χ0v) is 44.0. The molecule has 0 bridgehead atoms. The predicted molar refractivity (Wildman–Crippen MR) is 290 cm³/mol. The average Bonchev–Trinajstić information content (AvgIpc) is 3.70. The fourth-order valence-corrected chi connectivity index (χ4v) is 9.00. The van der Waals surface area contributed by atoms with Crippen molar-refractivity contribution < 1.29 is 21.2 Å². The molecule has 0 saturated carbocycles. The molecule has 4 aromatic rings. The Bertz CT molecular complexity index is 1670. The number of rotatable bonds is 35. The first kappa shape index (κ1) is 59.6. The van der Waals surface area contributed by atoms with Gasteiger partial charge in [-0.3, -0.25) is 0 Å². The van der Waals surface area contributed by atoms with Gasteiger partial charge in [0.2, 0.25) is 11.4 Å². The largest absolute Gasteiger partial charge is 2.00 e. The minimum Gasteiger partial charge on any atom is -0.493 e. The molecule has 0 radical (unpaired) electrons. The van der Waals surface area contributed by atoms with Crippen molar-refractivity contribution in [3.8, 4) is 0 Å². The molecule has 370 valence electrons. The predicted octanol–water partition coefficient (Wildman–Crippen LogP) is 20.7. The van der Waals surface area contributed by atoms with E-state index in [4.69, 9.17) is 0 Å². The van der Waals surface area contributed by atoms with Crippen molar-refractivity contribution in [3.63, 3.8) is 0 Å². The maximum absolute atomic E-state index is 11.6. The SMILES string of the molecule is CCCCCCCCCCCCCCCCCCCCCCCCCCCCC1=C(c2ccc(CCCC)cc2)[N+](=[N-])C(c2ccc(CCCC)cc2)=C1.[Ni+2].[c-]1ccccc1.[c-]1ccccc1. The molecule has 0 fully saturated rings. The van der Waals surface area contributed by atoms with E-state index in [1.165, 1.54) is 214 Å². The van der Waals surface area contributed by atoms with E-state index in [-0.39, 0.29) is 16.5 Å². The van der Waals surface area contributed by atoms with Gasteiger partial charge in [0.1, 0.15) is 0 Å². The maximum atomic E-state index is 11.6. The van der Waals surface area contributed by atoms with Gasteiger partial charge in [-0.1, -0.05) is 218 Å². The number of hydrogen-bond acceptors (Lipinski definition) is 0. The Balaban J connectivity index is 0.00000102. The summed E-state index contributed by atoms with van der Waals surface area (Å²) in [5, 5.41) is 0. The van der Waals surface area contributed by atoms with E-state index >= 15 is 0 Å². The summed E-state index contributed by atoms with van der Waals surface area (Å²) >= 11 is 0. The number of allylic oxidation sites excluding steroid dienone is 2. The van der Waals surface area contributed by atoms with Crippen LogP contribution in [0.3, 0.4) is 0 Å². The summed E-state index contributed by atoms with van der Waals surface area (Å²) in [6, 6.07) is 42.8. The van der Waals surface area contributed by atoms with Crippen LogP contribution in [0.15, 0.2) is 121 Å². The molecule has 4 aromatic carbocycles. The van der Waals surface area contributed by atoms with Crippen LogP contribution in [0.25, 0.3) is 16.9 Å². The van der Waals surface area contributed by atoms with Crippen LogP contribution in [-0.4, -0.2) is 4.70 Å². The number of hydrogen-bond donors (Lipinski definition) is 0. The van der Waals surface area contributed by atoms with Crippen molar-refractivity contribution >= 4 is 11.4 Å². The first-order chi connectivity index (χ1) is 32.7. The molecule has 1 heterocycles. The van der Waals surface area contributed by atoms with E-state index in [0.29, 0.717) is 0 Å². The first-order valence-electron chi connectivity index (χ1n) is 27.6. The Kier molecular flexibility index (Phi) is 37.8. The first-order valence-corrected chi connectivity index (χ1v) is 27.6. The zero-order valence-electron chi connectivity index (χ0n) is 43.0. The molecule has 0 N–H and O–H groups in total. The Morgan fingerprint density at radius 1 is 0.358 bits per heavy atom. The Morgan fingerprint density at radius 2 is 0.672 bits per heavy atom. The summed E-state index contributed by atoms with van der Waals surface area (Å²) < 4.78 is 1.47. The van der Waals surface area contributed by atoms with Gasteiger partial charge >= 0.3 is 16.5 Å². The Labute approximate surface area is 423 Å². The monoisotopic (exact) mass is 949 g/mol. The summed E-state index contributed by atoms with van der Waals surface area (Å²) in [5.41, 5.74) is 19.7. The van der Waals surface area contributed by atoms with Crippen LogP contribution in [0.5, 0.6) is 0 Å². The van der Waals surface area contributed by atoms with Gasteiger partial charge in [-0.25, -0.2) is 4.70 Å². The van der Waals surface area contributed by atoms with E-state index in [1.807, 2.05) is 60.7 Å². The average molecular weight is 950 g/mol.